The summed E-state index contributed by atoms with van der Waals surface area (Å²) in [5.41, 5.74) is 1.72. The molecule has 0 aromatic carbocycles. The smallest absolute Gasteiger partial charge is 0.274 e. The fraction of sp³-hybridized carbons (Fsp3) is 0.400. The van der Waals surface area contributed by atoms with Gasteiger partial charge in [-0.05, 0) is 54.3 Å². The maximum atomic E-state index is 12.8. The first-order chi connectivity index (χ1) is 10.2. The van der Waals surface area contributed by atoms with Crippen LogP contribution < -0.4 is 0 Å². The van der Waals surface area contributed by atoms with Crippen LogP contribution in [0.25, 0.3) is 0 Å². The molecule has 1 fully saturated rings. The number of rotatable bonds is 2. The standard InChI is InChI=1S/C15H14ClN3OS/c16-13-4-3-11(17-18-13)15(20)19-7-5-12-10(6-8-21-12)14(19)9-1-2-9/h3-4,6,8-9,14H,1-2,5,7H2. The number of hydrogen-bond acceptors (Lipinski definition) is 4. The lowest BCUT2D eigenvalue weighted by atomic mass is 9.95. The van der Waals surface area contributed by atoms with E-state index in [1.807, 2.05) is 4.90 Å². The molecule has 4 rings (SSSR count). The number of carbonyl (C=O) groups is 1. The van der Waals surface area contributed by atoms with Crippen molar-refractivity contribution >= 4 is 28.8 Å². The summed E-state index contributed by atoms with van der Waals surface area (Å²) >= 11 is 7.55. The Morgan fingerprint density at radius 1 is 1.29 bits per heavy atom. The maximum absolute atomic E-state index is 12.8. The third kappa shape index (κ3) is 2.34. The molecule has 1 aliphatic heterocycles. The van der Waals surface area contributed by atoms with Gasteiger partial charge >= 0.3 is 0 Å². The van der Waals surface area contributed by atoms with Crippen molar-refractivity contribution in [3.8, 4) is 0 Å². The zero-order valence-corrected chi connectivity index (χ0v) is 12.9. The molecule has 108 valence electrons. The van der Waals surface area contributed by atoms with Crippen molar-refractivity contribution in [2.24, 2.45) is 5.92 Å². The fourth-order valence-corrected chi connectivity index (χ4v) is 4.09. The number of halogens is 1. The molecule has 6 heteroatoms. The molecule has 21 heavy (non-hydrogen) atoms. The molecule has 0 bridgehead atoms. The molecule has 1 saturated carbocycles. The Morgan fingerprint density at radius 2 is 2.14 bits per heavy atom. The number of thiophene rings is 1. The van der Waals surface area contributed by atoms with Gasteiger partial charge in [0.15, 0.2) is 10.8 Å². The van der Waals surface area contributed by atoms with Gasteiger partial charge in [-0.15, -0.1) is 21.5 Å². The van der Waals surface area contributed by atoms with E-state index >= 15 is 0 Å². The van der Waals surface area contributed by atoms with Gasteiger partial charge in [-0.25, -0.2) is 0 Å². The highest BCUT2D eigenvalue weighted by Crippen LogP contribution is 2.48. The lowest BCUT2D eigenvalue weighted by Gasteiger charge is -2.36. The molecule has 1 aliphatic carbocycles. The summed E-state index contributed by atoms with van der Waals surface area (Å²) < 4.78 is 0. The Hall–Kier alpha value is -1.46. The van der Waals surface area contributed by atoms with Gasteiger partial charge in [0.05, 0.1) is 6.04 Å². The molecule has 0 radical (unpaired) electrons. The number of amides is 1. The molecule has 2 aromatic heterocycles. The summed E-state index contributed by atoms with van der Waals surface area (Å²) in [5, 5.41) is 10.2. The normalized spacial score (nSPS) is 21.2. The quantitative estimate of drug-likeness (QED) is 0.853. The first kappa shape index (κ1) is 13.2. The third-order valence-electron chi connectivity index (χ3n) is 4.19. The van der Waals surface area contributed by atoms with Gasteiger partial charge < -0.3 is 4.90 Å². The average molecular weight is 320 g/mol. The van der Waals surface area contributed by atoms with E-state index in [4.69, 9.17) is 11.6 Å². The van der Waals surface area contributed by atoms with Gasteiger partial charge in [0.25, 0.3) is 5.91 Å². The van der Waals surface area contributed by atoms with Crippen molar-refractivity contribution in [1.82, 2.24) is 15.1 Å². The third-order valence-corrected chi connectivity index (χ3v) is 5.39. The van der Waals surface area contributed by atoms with Crippen LogP contribution in [0.2, 0.25) is 5.15 Å². The Bertz CT molecular complexity index is 680. The van der Waals surface area contributed by atoms with Crippen molar-refractivity contribution in [2.75, 3.05) is 6.54 Å². The first-order valence-corrected chi connectivity index (χ1v) is 8.36. The average Bonchev–Trinajstić information content (AvgIpc) is 3.22. The molecule has 0 spiro atoms. The Morgan fingerprint density at radius 3 is 2.86 bits per heavy atom. The lowest BCUT2D eigenvalue weighted by Crippen LogP contribution is -2.40. The zero-order chi connectivity index (χ0) is 14.4. The van der Waals surface area contributed by atoms with Crippen molar-refractivity contribution in [3.63, 3.8) is 0 Å². The van der Waals surface area contributed by atoms with E-state index in [-0.39, 0.29) is 11.9 Å². The van der Waals surface area contributed by atoms with Crippen LogP contribution in [0.15, 0.2) is 23.6 Å². The molecule has 2 aromatic rings. The van der Waals surface area contributed by atoms with E-state index < -0.39 is 0 Å². The van der Waals surface area contributed by atoms with Crippen LogP contribution in [0.1, 0.15) is 39.8 Å². The monoisotopic (exact) mass is 319 g/mol. The summed E-state index contributed by atoms with van der Waals surface area (Å²) in [4.78, 5) is 16.2. The number of hydrogen-bond donors (Lipinski definition) is 0. The van der Waals surface area contributed by atoms with Crippen molar-refractivity contribution in [3.05, 3.63) is 44.9 Å². The second-order valence-corrected chi connectivity index (χ2v) is 6.96. The largest absolute Gasteiger partial charge is 0.330 e. The van der Waals surface area contributed by atoms with Crippen LogP contribution in [0.4, 0.5) is 0 Å². The highest BCUT2D eigenvalue weighted by molar-refractivity contribution is 7.10. The second-order valence-electron chi connectivity index (χ2n) is 5.57. The highest BCUT2D eigenvalue weighted by Gasteiger charge is 2.42. The van der Waals surface area contributed by atoms with E-state index in [9.17, 15) is 4.79 Å². The van der Waals surface area contributed by atoms with E-state index in [0.29, 0.717) is 16.8 Å². The van der Waals surface area contributed by atoms with Crippen LogP contribution >= 0.6 is 22.9 Å². The molecule has 1 atom stereocenters. The summed E-state index contributed by atoms with van der Waals surface area (Å²) in [7, 11) is 0. The number of nitrogens with zero attached hydrogens (tertiary/aromatic N) is 3. The van der Waals surface area contributed by atoms with Crippen LogP contribution in [0, 0.1) is 5.92 Å². The highest BCUT2D eigenvalue weighted by atomic mass is 35.5. The summed E-state index contributed by atoms with van der Waals surface area (Å²) in [6.07, 6.45) is 3.34. The van der Waals surface area contributed by atoms with E-state index in [1.54, 1.807) is 23.5 Å². The van der Waals surface area contributed by atoms with E-state index in [2.05, 4.69) is 21.6 Å². The van der Waals surface area contributed by atoms with Gasteiger partial charge in [0, 0.05) is 11.4 Å². The number of carbonyl (C=O) groups excluding carboxylic acids is 1. The molecule has 0 saturated heterocycles. The minimum absolute atomic E-state index is 0.0343. The minimum Gasteiger partial charge on any atom is -0.330 e. The van der Waals surface area contributed by atoms with Gasteiger partial charge in [-0.2, -0.15) is 0 Å². The second kappa shape index (κ2) is 5.07. The zero-order valence-electron chi connectivity index (χ0n) is 11.3. The minimum atomic E-state index is -0.0343. The maximum Gasteiger partial charge on any atom is 0.274 e. The number of fused-ring (bicyclic) bond motifs is 1. The first-order valence-electron chi connectivity index (χ1n) is 7.10. The van der Waals surface area contributed by atoms with Crippen LogP contribution in [0.5, 0.6) is 0 Å². The predicted octanol–water partition coefficient (Wildman–Crippen LogP) is 3.34. The van der Waals surface area contributed by atoms with Crippen molar-refractivity contribution in [2.45, 2.75) is 25.3 Å². The molecule has 1 amide bonds. The lowest BCUT2D eigenvalue weighted by molar-refractivity contribution is 0.0629. The number of aromatic nitrogens is 2. The SMILES string of the molecule is O=C(c1ccc(Cl)nn1)N1CCc2sccc2C1C1CC1. The predicted molar refractivity (Wildman–Crippen MR) is 81.6 cm³/mol. The molecule has 0 N–H and O–H groups in total. The van der Waals surface area contributed by atoms with Gasteiger partial charge in [-0.1, -0.05) is 11.6 Å². The Balaban J connectivity index is 1.67. The van der Waals surface area contributed by atoms with Crippen LogP contribution in [-0.4, -0.2) is 27.5 Å². The van der Waals surface area contributed by atoms with Crippen molar-refractivity contribution in [1.29, 1.82) is 0 Å². The summed E-state index contributed by atoms with van der Waals surface area (Å²) in [5.74, 6) is 0.566. The fourth-order valence-electron chi connectivity index (χ4n) is 3.07. The molecule has 4 nitrogen and oxygen atoms in total. The van der Waals surface area contributed by atoms with E-state index in [1.165, 1.54) is 23.3 Å². The van der Waals surface area contributed by atoms with Crippen molar-refractivity contribution < 1.29 is 4.79 Å². The molecule has 3 heterocycles. The summed E-state index contributed by atoms with van der Waals surface area (Å²) in [6, 6.07) is 5.67. The molecule has 2 aliphatic rings. The van der Waals surface area contributed by atoms with Gasteiger partial charge in [-0.3, -0.25) is 4.79 Å². The van der Waals surface area contributed by atoms with Crippen LogP contribution in [0.3, 0.4) is 0 Å². The summed E-state index contributed by atoms with van der Waals surface area (Å²) in [6.45, 7) is 0.762. The topological polar surface area (TPSA) is 46.1 Å². The Kier molecular flexibility index (Phi) is 3.19. The van der Waals surface area contributed by atoms with E-state index in [0.717, 1.165) is 13.0 Å². The Labute approximate surface area is 131 Å². The van der Waals surface area contributed by atoms with Gasteiger partial charge in [0.2, 0.25) is 0 Å². The van der Waals surface area contributed by atoms with Gasteiger partial charge in [0.1, 0.15) is 0 Å². The molecule has 1 unspecified atom stereocenters. The molecular formula is C15H14ClN3OS. The molecular weight excluding hydrogens is 306 g/mol. The van der Waals surface area contributed by atoms with Crippen LogP contribution in [-0.2, 0) is 6.42 Å².